The SMILES string of the molecule is Cc1cccc(NC(=O)c2ccc(OCc3c(C)noc3C)c(CCCNC(=O)CCCCCNC(=O)CCCC[C@H]3SC[C@H]4NC(=O)N[C@H]43)c2)c1C. The summed E-state index contributed by atoms with van der Waals surface area (Å²) in [4.78, 5) is 49.6. The summed E-state index contributed by atoms with van der Waals surface area (Å²) in [6.07, 6.45) is 7.49. The molecule has 12 nitrogen and oxygen atoms in total. The molecule has 0 bridgehead atoms. The van der Waals surface area contributed by atoms with Gasteiger partial charge in [0.25, 0.3) is 5.91 Å². The van der Waals surface area contributed by atoms with Crippen molar-refractivity contribution in [3.63, 3.8) is 0 Å². The second-order valence-electron chi connectivity index (χ2n) is 14.1. The van der Waals surface area contributed by atoms with Gasteiger partial charge in [0.2, 0.25) is 11.8 Å². The maximum atomic E-state index is 13.3. The van der Waals surface area contributed by atoms with E-state index in [1.807, 2.05) is 69.8 Å². The number of hydrogen-bond donors (Lipinski definition) is 5. The molecule has 0 radical (unpaired) electrons. The van der Waals surface area contributed by atoms with E-state index in [4.69, 9.17) is 9.26 Å². The maximum Gasteiger partial charge on any atom is 0.315 e. The first-order chi connectivity index (χ1) is 25.6. The Morgan fingerprint density at radius 3 is 2.43 bits per heavy atom. The Hall–Kier alpha value is -4.52. The highest BCUT2D eigenvalue weighted by Gasteiger charge is 2.42. The van der Waals surface area contributed by atoms with Crippen molar-refractivity contribution < 1.29 is 28.4 Å². The molecule has 3 heterocycles. The number of carbonyl (C=O) groups excluding carboxylic acids is 4. The molecule has 1 aromatic heterocycles. The number of anilines is 1. The lowest BCUT2D eigenvalue weighted by Crippen LogP contribution is -2.36. The molecule has 2 aliphatic heterocycles. The third-order valence-electron chi connectivity index (χ3n) is 10.2. The first kappa shape index (κ1) is 39.7. The fraction of sp³-hybridized carbons (Fsp3) is 0.525. The van der Waals surface area contributed by atoms with Crippen LogP contribution in [-0.4, -0.2) is 65.1 Å². The zero-order valence-corrected chi connectivity index (χ0v) is 32.2. The number of aryl methyl sites for hydroxylation is 4. The van der Waals surface area contributed by atoms with Gasteiger partial charge < -0.3 is 35.8 Å². The topological polar surface area (TPSA) is 164 Å². The number of rotatable bonds is 20. The Balaban J connectivity index is 0.982. The number of nitrogens with zero attached hydrogens (tertiary/aromatic N) is 1. The van der Waals surface area contributed by atoms with Crippen LogP contribution in [-0.2, 0) is 22.6 Å². The summed E-state index contributed by atoms with van der Waals surface area (Å²) >= 11 is 1.90. The highest BCUT2D eigenvalue weighted by Crippen LogP contribution is 2.33. The smallest absolute Gasteiger partial charge is 0.315 e. The molecule has 2 aliphatic rings. The molecular formula is C40H54N6O6S. The predicted molar refractivity (Wildman–Crippen MR) is 207 cm³/mol. The fourth-order valence-corrected chi connectivity index (χ4v) is 8.31. The molecule has 5 rings (SSSR count). The van der Waals surface area contributed by atoms with Crippen LogP contribution >= 0.6 is 11.8 Å². The quantitative estimate of drug-likeness (QED) is 0.0675. The minimum atomic E-state index is -0.197. The summed E-state index contributed by atoms with van der Waals surface area (Å²) in [6.45, 7) is 9.15. The van der Waals surface area contributed by atoms with Crippen LogP contribution in [0.2, 0.25) is 0 Å². The van der Waals surface area contributed by atoms with E-state index in [0.29, 0.717) is 67.7 Å². The third-order valence-corrected chi connectivity index (χ3v) is 11.7. The number of amides is 5. The average Bonchev–Trinajstić information content (AvgIpc) is 3.80. The van der Waals surface area contributed by atoms with Crippen LogP contribution in [0.25, 0.3) is 0 Å². The first-order valence-corrected chi connectivity index (χ1v) is 19.9. The van der Waals surface area contributed by atoms with Gasteiger partial charge in [-0.15, -0.1) is 0 Å². The van der Waals surface area contributed by atoms with Crippen LogP contribution in [0, 0.1) is 27.7 Å². The first-order valence-electron chi connectivity index (χ1n) is 18.9. The number of thioether (sulfide) groups is 1. The van der Waals surface area contributed by atoms with Crippen molar-refractivity contribution >= 4 is 41.2 Å². The largest absolute Gasteiger partial charge is 0.488 e. The Morgan fingerprint density at radius 2 is 1.68 bits per heavy atom. The van der Waals surface area contributed by atoms with Crippen molar-refractivity contribution in [1.29, 1.82) is 0 Å². The van der Waals surface area contributed by atoms with Crippen LogP contribution in [0.3, 0.4) is 0 Å². The molecule has 2 aromatic carbocycles. The van der Waals surface area contributed by atoms with E-state index < -0.39 is 0 Å². The van der Waals surface area contributed by atoms with Crippen molar-refractivity contribution in [2.24, 2.45) is 0 Å². The van der Waals surface area contributed by atoms with Crippen LogP contribution in [0.15, 0.2) is 40.9 Å². The van der Waals surface area contributed by atoms with E-state index in [-0.39, 0.29) is 35.8 Å². The Morgan fingerprint density at radius 1 is 0.925 bits per heavy atom. The van der Waals surface area contributed by atoms with Crippen molar-refractivity contribution in [3.05, 3.63) is 75.7 Å². The fourth-order valence-electron chi connectivity index (χ4n) is 6.77. The highest BCUT2D eigenvalue weighted by atomic mass is 32.2. The molecule has 3 atom stereocenters. The maximum absolute atomic E-state index is 13.3. The lowest BCUT2D eigenvalue weighted by atomic mass is 10.0. The number of ether oxygens (including phenoxy) is 1. The van der Waals surface area contributed by atoms with Crippen LogP contribution in [0.5, 0.6) is 5.75 Å². The second-order valence-corrected chi connectivity index (χ2v) is 15.4. The average molecular weight is 747 g/mol. The molecule has 5 N–H and O–H groups in total. The predicted octanol–water partition coefficient (Wildman–Crippen LogP) is 6.19. The van der Waals surface area contributed by atoms with E-state index in [1.54, 1.807) is 6.07 Å². The Kier molecular flexibility index (Phi) is 14.6. The lowest BCUT2D eigenvalue weighted by Gasteiger charge is -2.16. The zero-order valence-electron chi connectivity index (χ0n) is 31.4. The molecular weight excluding hydrogens is 693 g/mol. The normalized spacial score (nSPS) is 17.5. The standard InChI is InChI=1S/C40H54N6O6S/c1-25-12-10-14-32(26(25)2)43-39(49)30-18-19-34(51-23-31-27(3)46-52-28(31)4)29(22-30)13-11-21-42-36(47)16-6-5-9-20-41-37(48)17-8-7-15-35-38-33(24-53-35)44-40(50)45-38/h10,12,14,18-19,22,33,35,38H,5-9,11,13,15-17,20-21,23-24H2,1-4H3,(H,41,48)(H,42,47)(H,43,49)(H2,44,45,50)/t33-,35-,38-/m1/s1. The van der Waals surface area contributed by atoms with Crippen LogP contribution < -0.4 is 31.3 Å². The molecule has 0 unspecified atom stereocenters. The lowest BCUT2D eigenvalue weighted by molar-refractivity contribution is -0.122. The number of unbranched alkanes of at least 4 members (excludes halogenated alkanes) is 3. The van der Waals surface area contributed by atoms with Crippen molar-refractivity contribution in [2.75, 3.05) is 24.2 Å². The minimum Gasteiger partial charge on any atom is -0.488 e. The van der Waals surface area contributed by atoms with Crippen LogP contribution in [0.1, 0.15) is 102 Å². The zero-order chi connectivity index (χ0) is 37.7. The number of fused-ring (bicyclic) bond motifs is 1. The van der Waals surface area contributed by atoms with E-state index >= 15 is 0 Å². The van der Waals surface area contributed by atoms with Gasteiger partial charge in [0.1, 0.15) is 18.1 Å². The van der Waals surface area contributed by atoms with E-state index in [2.05, 4.69) is 31.7 Å². The molecule has 3 aromatic rings. The van der Waals surface area contributed by atoms with Gasteiger partial charge in [0.05, 0.1) is 23.3 Å². The van der Waals surface area contributed by atoms with Gasteiger partial charge in [-0.05, 0) is 107 Å². The molecule has 5 amide bonds. The molecule has 0 spiro atoms. The monoisotopic (exact) mass is 746 g/mol. The summed E-state index contributed by atoms with van der Waals surface area (Å²) < 4.78 is 11.5. The highest BCUT2D eigenvalue weighted by molar-refractivity contribution is 8.00. The van der Waals surface area contributed by atoms with Gasteiger partial charge in [0, 0.05) is 48.2 Å². The van der Waals surface area contributed by atoms with Gasteiger partial charge in [-0.25, -0.2) is 4.79 Å². The summed E-state index contributed by atoms with van der Waals surface area (Å²) in [7, 11) is 0. The molecule has 13 heteroatoms. The summed E-state index contributed by atoms with van der Waals surface area (Å²) in [6, 6.07) is 11.7. The number of aromatic nitrogens is 1. The van der Waals surface area contributed by atoms with Gasteiger partial charge in [-0.3, -0.25) is 14.4 Å². The minimum absolute atomic E-state index is 0.00488. The number of nitrogens with one attached hydrogen (secondary N) is 5. The number of benzene rings is 2. The number of carbonyl (C=O) groups is 4. The van der Waals surface area contributed by atoms with Gasteiger partial charge in [-0.1, -0.05) is 30.1 Å². The molecule has 0 aliphatic carbocycles. The molecule has 53 heavy (non-hydrogen) atoms. The van der Waals surface area contributed by atoms with E-state index in [1.165, 1.54) is 0 Å². The summed E-state index contributed by atoms with van der Waals surface area (Å²) in [5, 5.41) is 19.5. The van der Waals surface area contributed by atoms with Crippen molar-refractivity contribution in [1.82, 2.24) is 26.4 Å². The molecule has 2 saturated heterocycles. The second kappa shape index (κ2) is 19.5. The Labute approximate surface area is 316 Å². The van der Waals surface area contributed by atoms with Crippen molar-refractivity contribution in [3.8, 4) is 5.75 Å². The number of urea groups is 1. The Bertz CT molecular complexity index is 1720. The van der Waals surface area contributed by atoms with E-state index in [0.717, 1.165) is 77.9 Å². The summed E-state index contributed by atoms with van der Waals surface area (Å²) in [5.41, 5.74) is 5.99. The van der Waals surface area contributed by atoms with Crippen LogP contribution in [0.4, 0.5) is 10.5 Å². The van der Waals surface area contributed by atoms with Gasteiger partial charge >= 0.3 is 6.03 Å². The molecule has 2 fully saturated rings. The summed E-state index contributed by atoms with van der Waals surface area (Å²) in [5.74, 6) is 2.21. The van der Waals surface area contributed by atoms with Crippen molar-refractivity contribution in [2.45, 2.75) is 116 Å². The molecule has 0 saturated carbocycles. The van der Waals surface area contributed by atoms with Gasteiger partial charge in [0.15, 0.2) is 0 Å². The third kappa shape index (κ3) is 11.5. The van der Waals surface area contributed by atoms with Gasteiger partial charge in [-0.2, -0.15) is 11.8 Å². The van der Waals surface area contributed by atoms with E-state index in [9.17, 15) is 19.2 Å². The number of hydrogen-bond acceptors (Lipinski definition) is 8. The molecule has 286 valence electrons.